The molecule has 0 aromatic carbocycles. The number of carbonyl (C=O) groups is 2. The van der Waals surface area contributed by atoms with Gasteiger partial charge in [0.25, 0.3) is 0 Å². The van der Waals surface area contributed by atoms with Crippen molar-refractivity contribution in [3.63, 3.8) is 0 Å². The number of nitrogens with one attached hydrogen (secondary N) is 1. The lowest BCUT2D eigenvalue weighted by atomic mass is 10.1. The first-order chi connectivity index (χ1) is 10.7. The summed E-state index contributed by atoms with van der Waals surface area (Å²) in [5.41, 5.74) is 5.46. The Morgan fingerprint density at radius 1 is 1.00 bits per heavy atom. The second-order valence-electron chi connectivity index (χ2n) is 6.45. The second-order valence-corrected chi connectivity index (χ2v) is 6.45. The molecular formula is C16H30N4O2. The maximum absolute atomic E-state index is 12.1. The Morgan fingerprint density at radius 3 is 2.32 bits per heavy atom. The van der Waals surface area contributed by atoms with Gasteiger partial charge in [0.1, 0.15) is 0 Å². The molecule has 126 valence electrons. The van der Waals surface area contributed by atoms with E-state index in [1.54, 1.807) is 0 Å². The van der Waals surface area contributed by atoms with Crippen LogP contribution in [0, 0.1) is 0 Å². The SMILES string of the molecule is NCCCCCCC(=O)N1CCN(CC(=O)NC2CC2)CC1. The number of amides is 2. The third-order valence-electron chi connectivity index (χ3n) is 4.38. The Kier molecular flexibility index (Phi) is 7.12. The number of hydrogen-bond acceptors (Lipinski definition) is 4. The van der Waals surface area contributed by atoms with E-state index in [-0.39, 0.29) is 11.8 Å². The highest BCUT2D eigenvalue weighted by Gasteiger charge is 2.26. The van der Waals surface area contributed by atoms with E-state index in [4.69, 9.17) is 5.73 Å². The Labute approximate surface area is 133 Å². The average Bonchev–Trinajstić information content (AvgIpc) is 3.31. The van der Waals surface area contributed by atoms with Crippen LogP contribution in [-0.4, -0.2) is 66.9 Å². The number of carbonyl (C=O) groups excluding carboxylic acids is 2. The largest absolute Gasteiger partial charge is 0.352 e. The van der Waals surface area contributed by atoms with Crippen molar-refractivity contribution in [2.45, 2.75) is 51.0 Å². The molecule has 0 unspecified atom stereocenters. The minimum Gasteiger partial charge on any atom is -0.352 e. The summed E-state index contributed by atoms with van der Waals surface area (Å²) < 4.78 is 0. The number of nitrogens with two attached hydrogens (primary N) is 1. The van der Waals surface area contributed by atoms with Gasteiger partial charge in [-0.15, -0.1) is 0 Å². The number of unbranched alkanes of at least 4 members (excludes halogenated alkanes) is 3. The van der Waals surface area contributed by atoms with E-state index in [0.29, 0.717) is 19.0 Å². The van der Waals surface area contributed by atoms with Crippen LogP contribution in [0.3, 0.4) is 0 Å². The first-order valence-electron chi connectivity index (χ1n) is 8.68. The third-order valence-corrected chi connectivity index (χ3v) is 4.38. The molecule has 0 radical (unpaired) electrons. The molecule has 2 amide bonds. The Hall–Kier alpha value is -1.14. The van der Waals surface area contributed by atoms with Crippen molar-refractivity contribution in [2.75, 3.05) is 39.3 Å². The minimum atomic E-state index is 0.127. The van der Waals surface area contributed by atoms with E-state index in [9.17, 15) is 9.59 Å². The molecule has 1 saturated heterocycles. The van der Waals surface area contributed by atoms with E-state index in [1.165, 1.54) is 0 Å². The van der Waals surface area contributed by atoms with Crippen molar-refractivity contribution in [1.29, 1.82) is 0 Å². The van der Waals surface area contributed by atoms with Gasteiger partial charge in [-0.1, -0.05) is 12.8 Å². The fraction of sp³-hybridized carbons (Fsp3) is 0.875. The summed E-state index contributed by atoms with van der Waals surface area (Å²) in [6.45, 7) is 4.31. The Balaban J connectivity index is 1.55. The van der Waals surface area contributed by atoms with Crippen LogP contribution in [-0.2, 0) is 9.59 Å². The first-order valence-corrected chi connectivity index (χ1v) is 8.68. The fourth-order valence-corrected chi connectivity index (χ4v) is 2.79. The first kappa shape index (κ1) is 17.2. The standard InChI is InChI=1S/C16H30N4O2/c17-8-4-2-1-3-5-16(22)20-11-9-19(10-12-20)13-15(21)18-14-6-7-14/h14H,1-13,17H2,(H,18,21). The van der Waals surface area contributed by atoms with Crippen molar-refractivity contribution in [1.82, 2.24) is 15.1 Å². The second kappa shape index (κ2) is 9.10. The van der Waals surface area contributed by atoms with Crippen LogP contribution >= 0.6 is 0 Å². The van der Waals surface area contributed by atoms with E-state index in [0.717, 1.165) is 71.2 Å². The summed E-state index contributed by atoms with van der Waals surface area (Å²) in [5, 5.41) is 3.01. The van der Waals surface area contributed by atoms with E-state index in [1.807, 2.05) is 4.90 Å². The maximum Gasteiger partial charge on any atom is 0.234 e. The molecule has 1 saturated carbocycles. The normalized spacial score (nSPS) is 19.2. The molecule has 0 aromatic heterocycles. The lowest BCUT2D eigenvalue weighted by molar-refractivity contribution is -0.133. The summed E-state index contributed by atoms with van der Waals surface area (Å²) in [5.74, 6) is 0.386. The number of hydrogen-bond donors (Lipinski definition) is 2. The van der Waals surface area contributed by atoms with Crippen molar-refractivity contribution in [3.05, 3.63) is 0 Å². The zero-order chi connectivity index (χ0) is 15.8. The van der Waals surface area contributed by atoms with E-state index >= 15 is 0 Å². The molecule has 1 aliphatic carbocycles. The number of rotatable bonds is 9. The Morgan fingerprint density at radius 2 is 1.68 bits per heavy atom. The Bertz CT molecular complexity index is 363. The lowest BCUT2D eigenvalue weighted by Gasteiger charge is -2.34. The van der Waals surface area contributed by atoms with Crippen LogP contribution in [0.25, 0.3) is 0 Å². The highest BCUT2D eigenvalue weighted by Crippen LogP contribution is 2.18. The van der Waals surface area contributed by atoms with Gasteiger partial charge in [0.2, 0.25) is 11.8 Å². The summed E-state index contributed by atoms with van der Waals surface area (Å²) >= 11 is 0. The van der Waals surface area contributed by atoms with Crippen molar-refractivity contribution >= 4 is 11.8 Å². The van der Waals surface area contributed by atoms with Crippen molar-refractivity contribution in [3.8, 4) is 0 Å². The van der Waals surface area contributed by atoms with Crippen molar-refractivity contribution < 1.29 is 9.59 Å². The lowest BCUT2D eigenvalue weighted by Crippen LogP contribution is -2.51. The van der Waals surface area contributed by atoms with Crippen LogP contribution in [0.1, 0.15) is 44.9 Å². The van der Waals surface area contributed by atoms with Gasteiger partial charge in [0.15, 0.2) is 0 Å². The van der Waals surface area contributed by atoms with Gasteiger partial charge in [-0.25, -0.2) is 0 Å². The fourth-order valence-electron chi connectivity index (χ4n) is 2.79. The highest BCUT2D eigenvalue weighted by molar-refractivity contribution is 5.79. The molecule has 2 fully saturated rings. The van der Waals surface area contributed by atoms with Gasteiger partial charge in [-0.05, 0) is 32.2 Å². The van der Waals surface area contributed by atoms with Crippen LogP contribution in [0.2, 0.25) is 0 Å². The summed E-state index contributed by atoms with van der Waals surface area (Å²) in [6, 6.07) is 0.426. The minimum absolute atomic E-state index is 0.127. The van der Waals surface area contributed by atoms with Gasteiger partial charge in [0.05, 0.1) is 6.54 Å². The number of nitrogens with zero attached hydrogens (tertiary/aromatic N) is 2. The molecule has 2 rings (SSSR count). The van der Waals surface area contributed by atoms with Crippen LogP contribution < -0.4 is 11.1 Å². The summed E-state index contributed by atoms with van der Waals surface area (Å²) in [4.78, 5) is 28.0. The molecule has 0 bridgehead atoms. The predicted octanol–water partition coefficient (Wildman–Crippen LogP) is 0.318. The van der Waals surface area contributed by atoms with Crippen molar-refractivity contribution in [2.24, 2.45) is 5.73 Å². The smallest absolute Gasteiger partial charge is 0.234 e. The molecule has 0 spiro atoms. The quantitative estimate of drug-likeness (QED) is 0.601. The average molecular weight is 310 g/mol. The molecule has 6 heteroatoms. The monoisotopic (exact) mass is 310 g/mol. The van der Waals surface area contributed by atoms with Gasteiger partial charge in [-0.3, -0.25) is 14.5 Å². The van der Waals surface area contributed by atoms with E-state index in [2.05, 4.69) is 10.2 Å². The van der Waals surface area contributed by atoms with Gasteiger partial charge in [-0.2, -0.15) is 0 Å². The van der Waals surface area contributed by atoms with E-state index < -0.39 is 0 Å². The molecule has 0 atom stereocenters. The summed E-state index contributed by atoms with van der Waals surface area (Å²) in [6.07, 6.45) is 7.11. The highest BCUT2D eigenvalue weighted by atomic mass is 16.2. The summed E-state index contributed by atoms with van der Waals surface area (Å²) in [7, 11) is 0. The molecule has 1 aliphatic heterocycles. The molecule has 0 aromatic rings. The third kappa shape index (κ3) is 6.32. The predicted molar refractivity (Wildman–Crippen MR) is 86.3 cm³/mol. The zero-order valence-electron chi connectivity index (χ0n) is 13.6. The molecule has 22 heavy (non-hydrogen) atoms. The number of piperazine rings is 1. The zero-order valence-corrected chi connectivity index (χ0v) is 13.6. The van der Waals surface area contributed by atoms with Gasteiger partial charge < -0.3 is 16.0 Å². The molecule has 1 heterocycles. The van der Waals surface area contributed by atoms with Gasteiger partial charge in [0, 0.05) is 38.6 Å². The molecule has 3 N–H and O–H groups in total. The van der Waals surface area contributed by atoms with Crippen LogP contribution in [0.5, 0.6) is 0 Å². The molecule has 6 nitrogen and oxygen atoms in total. The topological polar surface area (TPSA) is 78.7 Å². The van der Waals surface area contributed by atoms with Gasteiger partial charge >= 0.3 is 0 Å². The molecule has 2 aliphatic rings. The van der Waals surface area contributed by atoms with Crippen LogP contribution in [0.15, 0.2) is 0 Å². The van der Waals surface area contributed by atoms with Crippen LogP contribution in [0.4, 0.5) is 0 Å². The molecular weight excluding hydrogens is 280 g/mol. The maximum atomic E-state index is 12.1.